The maximum Gasteiger partial charge on any atom is 0.408 e. The van der Waals surface area contributed by atoms with Crippen LogP contribution in [0.5, 0.6) is 0 Å². The molecule has 1 heterocycles. The van der Waals surface area contributed by atoms with Gasteiger partial charge in [-0.1, -0.05) is 12.1 Å². The Hall–Kier alpha value is -2.57. The van der Waals surface area contributed by atoms with Gasteiger partial charge in [-0.15, -0.1) is 0 Å². The number of rotatable bonds is 1. The summed E-state index contributed by atoms with van der Waals surface area (Å²) in [5, 5.41) is 2.57. The summed E-state index contributed by atoms with van der Waals surface area (Å²) in [6, 6.07) is 6.24. The van der Waals surface area contributed by atoms with Crippen molar-refractivity contribution in [3.8, 4) is 0 Å². The minimum Gasteiger partial charge on any atom is -0.444 e. The van der Waals surface area contributed by atoms with E-state index in [1.807, 2.05) is 0 Å². The maximum absolute atomic E-state index is 12.7. The van der Waals surface area contributed by atoms with Crippen LogP contribution in [0.25, 0.3) is 0 Å². The number of nitrogens with zero attached hydrogens (tertiary/aromatic N) is 2. The summed E-state index contributed by atoms with van der Waals surface area (Å²) < 4.78 is 5.21. The van der Waals surface area contributed by atoms with Gasteiger partial charge in [0.1, 0.15) is 11.6 Å². The molecule has 7 heteroatoms. The summed E-state index contributed by atoms with van der Waals surface area (Å²) in [7, 11) is 1.62. The Labute approximate surface area is 141 Å². The van der Waals surface area contributed by atoms with E-state index < -0.39 is 17.7 Å². The molecule has 0 spiro atoms. The maximum atomic E-state index is 12.7. The largest absolute Gasteiger partial charge is 0.444 e. The number of nitrogens with one attached hydrogen (secondary N) is 1. The highest BCUT2D eigenvalue weighted by Crippen LogP contribution is 2.31. The SMILES string of the molecule is CC(=O)N1CC(NC(=O)OC(C)(C)C)C(=O)N(C)c2ccccc21. The number of para-hydroxylation sites is 2. The van der Waals surface area contributed by atoms with Gasteiger partial charge in [-0.3, -0.25) is 9.59 Å². The number of fused-ring (bicyclic) bond motifs is 1. The van der Waals surface area contributed by atoms with Crippen LogP contribution in [-0.2, 0) is 14.3 Å². The molecule has 1 atom stereocenters. The summed E-state index contributed by atoms with van der Waals surface area (Å²) in [6.07, 6.45) is -0.691. The van der Waals surface area contributed by atoms with Gasteiger partial charge >= 0.3 is 6.09 Å². The number of carbonyl (C=O) groups is 3. The molecule has 3 amide bonds. The molecular weight excluding hydrogens is 310 g/mol. The lowest BCUT2D eigenvalue weighted by Crippen LogP contribution is -2.52. The summed E-state index contributed by atoms with van der Waals surface area (Å²) in [5.41, 5.74) is 0.577. The molecule has 1 unspecified atom stereocenters. The van der Waals surface area contributed by atoms with Crippen LogP contribution in [0, 0.1) is 0 Å². The van der Waals surface area contributed by atoms with Crippen LogP contribution in [0.1, 0.15) is 27.7 Å². The van der Waals surface area contributed by atoms with E-state index in [0.717, 1.165) is 0 Å². The number of ether oxygens (including phenoxy) is 1. The van der Waals surface area contributed by atoms with Crippen LogP contribution in [0.4, 0.5) is 16.2 Å². The fourth-order valence-electron chi connectivity index (χ4n) is 2.54. The summed E-state index contributed by atoms with van der Waals surface area (Å²) in [5.74, 6) is -0.515. The molecule has 0 saturated carbocycles. The molecule has 0 aliphatic carbocycles. The average Bonchev–Trinajstić information content (AvgIpc) is 2.56. The zero-order valence-electron chi connectivity index (χ0n) is 14.6. The Morgan fingerprint density at radius 1 is 1.21 bits per heavy atom. The molecule has 0 fully saturated rings. The monoisotopic (exact) mass is 333 g/mol. The fourth-order valence-corrected chi connectivity index (χ4v) is 2.54. The number of hydrogen-bond donors (Lipinski definition) is 1. The van der Waals surface area contributed by atoms with Gasteiger partial charge in [-0.05, 0) is 32.9 Å². The number of benzene rings is 1. The summed E-state index contributed by atoms with van der Waals surface area (Å²) in [6.45, 7) is 6.70. The molecule has 1 aromatic rings. The van der Waals surface area contributed by atoms with E-state index in [1.54, 1.807) is 52.1 Å². The highest BCUT2D eigenvalue weighted by molar-refractivity contribution is 6.07. The molecule has 1 aromatic carbocycles. The van der Waals surface area contributed by atoms with E-state index in [-0.39, 0.29) is 18.4 Å². The van der Waals surface area contributed by atoms with Crippen LogP contribution in [0.2, 0.25) is 0 Å². The third-order valence-corrected chi connectivity index (χ3v) is 3.60. The number of alkyl carbamates (subject to hydrolysis) is 1. The minimum absolute atomic E-state index is 0.0504. The predicted octanol–water partition coefficient (Wildman–Crippen LogP) is 1.91. The number of likely N-dealkylation sites (N-methyl/N-ethyl adjacent to an activating group) is 1. The van der Waals surface area contributed by atoms with Crippen molar-refractivity contribution in [2.24, 2.45) is 0 Å². The zero-order chi connectivity index (χ0) is 18.1. The number of amides is 3. The van der Waals surface area contributed by atoms with Crippen molar-refractivity contribution in [1.82, 2.24) is 5.32 Å². The highest BCUT2D eigenvalue weighted by atomic mass is 16.6. The number of hydrogen-bond acceptors (Lipinski definition) is 4. The predicted molar refractivity (Wildman–Crippen MR) is 91.0 cm³/mol. The van der Waals surface area contributed by atoms with Gasteiger partial charge in [0.25, 0.3) is 5.91 Å². The lowest BCUT2D eigenvalue weighted by atomic mass is 10.2. The Kier molecular flexibility index (Phi) is 4.82. The van der Waals surface area contributed by atoms with Crippen molar-refractivity contribution in [2.75, 3.05) is 23.4 Å². The standard InChI is InChI=1S/C17H23N3O4/c1-11(21)20-10-12(18-16(23)24-17(2,3)4)15(22)19(5)13-8-6-7-9-14(13)20/h6-9,12H,10H2,1-5H3,(H,18,23). The van der Waals surface area contributed by atoms with Gasteiger partial charge in [-0.25, -0.2) is 4.79 Å². The van der Waals surface area contributed by atoms with E-state index in [0.29, 0.717) is 11.4 Å². The van der Waals surface area contributed by atoms with Crippen LogP contribution in [0.3, 0.4) is 0 Å². The van der Waals surface area contributed by atoms with Crippen molar-refractivity contribution in [1.29, 1.82) is 0 Å². The molecular formula is C17H23N3O4. The smallest absolute Gasteiger partial charge is 0.408 e. The molecule has 1 N–H and O–H groups in total. The van der Waals surface area contributed by atoms with Crippen LogP contribution >= 0.6 is 0 Å². The zero-order valence-corrected chi connectivity index (χ0v) is 14.6. The summed E-state index contributed by atoms with van der Waals surface area (Å²) >= 11 is 0. The molecule has 0 saturated heterocycles. The molecule has 7 nitrogen and oxygen atoms in total. The molecule has 24 heavy (non-hydrogen) atoms. The van der Waals surface area contributed by atoms with Gasteiger partial charge in [-0.2, -0.15) is 0 Å². The van der Waals surface area contributed by atoms with Crippen molar-refractivity contribution in [3.05, 3.63) is 24.3 Å². The van der Waals surface area contributed by atoms with Gasteiger partial charge in [0.2, 0.25) is 5.91 Å². The molecule has 1 aliphatic rings. The van der Waals surface area contributed by atoms with E-state index in [1.165, 1.54) is 16.7 Å². The quantitative estimate of drug-likeness (QED) is 0.851. The van der Waals surface area contributed by atoms with Gasteiger partial charge in [0, 0.05) is 14.0 Å². The Morgan fingerprint density at radius 2 is 1.79 bits per heavy atom. The van der Waals surface area contributed by atoms with Crippen LogP contribution < -0.4 is 15.1 Å². The molecule has 0 bridgehead atoms. The molecule has 2 rings (SSSR count). The van der Waals surface area contributed by atoms with Crippen LogP contribution in [-0.4, -0.2) is 43.1 Å². The lowest BCUT2D eigenvalue weighted by Gasteiger charge is -2.25. The van der Waals surface area contributed by atoms with Crippen molar-refractivity contribution < 1.29 is 19.1 Å². The second-order valence-electron chi connectivity index (χ2n) is 6.71. The van der Waals surface area contributed by atoms with E-state index >= 15 is 0 Å². The van der Waals surface area contributed by atoms with Crippen LogP contribution in [0.15, 0.2) is 24.3 Å². The van der Waals surface area contributed by atoms with Crippen molar-refractivity contribution >= 4 is 29.3 Å². The topological polar surface area (TPSA) is 79.0 Å². The van der Waals surface area contributed by atoms with E-state index in [9.17, 15) is 14.4 Å². The molecule has 0 aromatic heterocycles. The summed E-state index contributed by atoms with van der Waals surface area (Å²) in [4.78, 5) is 39.7. The Bertz CT molecular complexity index is 666. The fraction of sp³-hybridized carbons (Fsp3) is 0.471. The second-order valence-corrected chi connectivity index (χ2v) is 6.71. The minimum atomic E-state index is -0.888. The first-order valence-corrected chi connectivity index (χ1v) is 7.74. The second kappa shape index (κ2) is 6.51. The Morgan fingerprint density at radius 3 is 2.33 bits per heavy atom. The van der Waals surface area contributed by atoms with E-state index in [4.69, 9.17) is 4.74 Å². The highest BCUT2D eigenvalue weighted by Gasteiger charge is 2.35. The first-order chi connectivity index (χ1) is 11.1. The number of anilines is 2. The normalized spacial score (nSPS) is 17.9. The lowest BCUT2D eigenvalue weighted by molar-refractivity contribution is -0.120. The number of carbonyl (C=O) groups excluding carboxylic acids is 3. The Balaban J connectivity index is 2.31. The van der Waals surface area contributed by atoms with Gasteiger partial charge in [0.05, 0.1) is 17.9 Å². The van der Waals surface area contributed by atoms with E-state index in [2.05, 4.69) is 5.32 Å². The molecule has 1 aliphatic heterocycles. The molecule has 0 radical (unpaired) electrons. The third-order valence-electron chi connectivity index (χ3n) is 3.60. The first kappa shape index (κ1) is 17.8. The van der Waals surface area contributed by atoms with Crippen molar-refractivity contribution in [2.45, 2.75) is 39.3 Å². The van der Waals surface area contributed by atoms with Gasteiger partial charge in [0.15, 0.2) is 0 Å². The van der Waals surface area contributed by atoms with Crippen molar-refractivity contribution in [3.63, 3.8) is 0 Å². The third kappa shape index (κ3) is 3.84. The first-order valence-electron chi connectivity index (χ1n) is 7.74. The molecule has 130 valence electrons. The average molecular weight is 333 g/mol. The van der Waals surface area contributed by atoms with Gasteiger partial charge < -0.3 is 19.9 Å².